The number of rotatable bonds is 3. The minimum atomic E-state index is -0.290. The van der Waals surface area contributed by atoms with E-state index in [2.05, 4.69) is 15.5 Å². The molecule has 0 amide bonds. The Bertz CT molecular complexity index is 621. The van der Waals surface area contributed by atoms with Crippen LogP contribution in [0.25, 0.3) is 0 Å². The predicted molar refractivity (Wildman–Crippen MR) is 75.0 cm³/mol. The number of anilines is 1. The third-order valence-electron chi connectivity index (χ3n) is 3.63. The number of nitrogen functional groups attached to an aromatic ring is 1. The molecule has 0 bridgehead atoms. The van der Waals surface area contributed by atoms with Crippen molar-refractivity contribution in [1.29, 1.82) is 0 Å². The van der Waals surface area contributed by atoms with E-state index >= 15 is 0 Å². The fourth-order valence-electron chi connectivity index (χ4n) is 2.49. The van der Waals surface area contributed by atoms with E-state index < -0.39 is 0 Å². The van der Waals surface area contributed by atoms with E-state index in [1.807, 2.05) is 4.68 Å². The first-order valence-corrected chi connectivity index (χ1v) is 7.48. The van der Waals surface area contributed by atoms with Crippen LogP contribution in [0.15, 0.2) is 22.2 Å². The second-order valence-corrected chi connectivity index (χ2v) is 6.09. The molecule has 3 rings (SSSR count). The summed E-state index contributed by atoms with van der Waals surface area (Å²) in [5, 5.41) is 12.6. The van der Waals surface area contributed by atoms with E-state index in [4.69, 9.17) is 5.73 Å². The molecule has 0 saturated heterocycles. The first-order chi connectivity index (χ1) is 9.65. The molecule has 1 aliphatic carbocycles. The summed E-state index contributed by atoms with van der Waals surface area (Å²) in [5.41, 5.74) is 6.86. The smallest absolute Gasteiger partial charge is 0.214 e. The number of hydrogen-bond acceptors (Lipinski definition) is 5. The fourth-order valence-corrected chi connectivity index (χ4v) is 3.45. The van der Waals surface area contributed by atoms with Crippen molar-refractivity contribution < 1.29 is 4.39 Å². The van der Waals surface area contributed by atoms with Crippen LogP contribution in [0.4, 0.5) is 10.1 Å². The highest BCUT2D eigenvalue weighted by molar-refractivity contribution is 7.99. The van der Waals surface area contributed by atoms with Crippen LogP contribution in [-0.4, -0.2) is 20.2 Å². The molecular weight excluding hydrogens is 277 g/mol. The number of nitrogens with two attached hydrogens (primary N) is 1. The first kappa shape index (κ1) is 13.4. The molecule has 2 N–H and O–H groups in total. The van der Waals surface area contributed by atoms with Crippen LogP contribution in [0.3, 0.4) is 0 Å². The molecule has 1 aliphatic rings. The predicted octanol–water partition coefficient (Wildman–Crippen LogP) is 2.97. The van der Waals surface area contributed by atoms with Crippen LogP contribution in [-0.2, 0) is 0 Å². The maximum atomic E-state index is 13.4. The highest BCUT2D eigenvalue weighted by atomic mass is 32.2. The largest absolute Gasteiger partial charge is 0.398 e. The standard InChI is InChI=1S/C13H16FN5S/c1-8-6-12(11(15)7-10(8)14)20-13-16-17-18-19(13)9-4-2-3-5-9/h6-7,9H,2-5,15H2,1H3. The Kier molecular flexibility index (Phi) is 3.60. The zero-order valence-electron chi connectivity index (χ0n) is 11.2. The minimum Gasteiger partial charge on any atom is -0.398 e. The molecule has 106 valence electrons. The summed E-state index contributed by atoms with van der Waals surface area (Å²) in [7, 11) is 0. The van der Waals surface area contributed by atoms with Gasteiger partial charge in [-0.25, -0.2) is 9.07 Å². The Morgan fingerprint density at radius 2 is 2.10 bits per heavy atom. The van der Waals surface area contributed by atoms with E-state index in [1.165, 1.54) is 30.7 Å². The summed E-state index contributed by atoms with van der Waals surface area (Å²) in [6.45, 7) is 1.72. The molecule has 0 spiro atoms. The van der Waals surface area contributed by atoms with Crippen molar-refractivity contribution in [2.75, 3.05) is 5.73 Å². The monoisotopic (exact) mass is 293 g/mol. The van der Waals surface area contributed by atoms with Gasteiger partial charge in [-0.3, -0.25) is 0 Å². The van der Waals surface area contributed by atoms with Crippen molar-refractivity contribution >= 4 is 17.4 Å². The summed E-state index contributed by atoms with van der Waals surface area (Å²) in [6, 6.07) is 3.46. The molecule has 20 heavy (non-hydrogen) atoms. The van der Waals surface area contributed by atoms with Gasteiger partial charge in [0.15, 0.2) is 0 Å². The summed E-state index contributed by atoms with van der Waals surface area (Å²) < 4.78 is 15.3. The summed E-state index contributed by atoms with van der Waals surface area (Å²) in [6.07, 6.45) is 4.64. The van der Waals surface area contributed by atoms with Gasteiger partial charge in [0.1, 0.15) is 5.82 Å². The van der Waals surface area contributed by atoms with Gasteiger partial charge in [-0.15, -0.1) is 5.10 Å². The molecule has 0 aliphatic heterocycles. The van der Waals surface area contributed by atoms with Crippen molar-refractivity contribution in [2.24, 2.45) is 0 Å². The van der Waals surface area contributed by atoms with Crippen LogP contribution in [0.1, 0.15) is 37.3 Å². The van der Waals surface area contributed by atoms with Gasteiger partial charge in [0.25, 0.3) is 0 Å². The Morgan fingerprint density at radius 1 is 1.35 bits per heavy atom. The average Bonchev–Trinajstić information content (AvgIpc) is 3.06. The summed E-state index contributed by atoms with van der Waals surface area (Å²) in [4.78, 5) is 0.790. The molecule has 2 aromatic rings. The third kappa shape index (κ3) is 2.49. The number of aromatic nitrogens is 4. The molecule has 1 saturated carbocycles. The maximum Gasteiger partial charge on any atom is 0.214 e. The Morgan fingerprint density at radius 3 is 2.85 bits per heavy atom. The molecule has 1 fully saturated rings. The highest BCUT2D eigenvalue weighted by Crippen LogP contribution is 2.36. The molecule has 0 unspecified atom stereocenters. The average molecular weight is 293 g/mol. The van der Waals surface area contributed by atoms with Crippen LogP contribution in [0.2, 0.25) is 0 Å². The Hall–Kier alpha value is -1.63. The number of tetrazole rings is 1. The normalized spacial score (nSPS) is 15.9. The lowest BCUT2D eigenvalue weighted by atomic mass is 10.2. The number of benzene rings is 1. The van der Waals surface area contributed by atoms with Gasteiger partial charge >= 0.3 is 0 Å². The molecule has 0 radical (unpaired) electrons. The summed E-state index contributed by atoms with van der Waals surface area (Å²) >= 11 is 1.39. The molecular formula is C13H16FN5S. The summed E-state index contributed by atoms with van der Waals surface area (Å²) in [5.74, 6) is -0.290. The second-order valence-electron chi connectivity index (χ2n) is 5.09. The van der Waals surface area contributed by atoms with E-state index in [1.54, 1.807) is 13.0 Å². The second kappa shape index (κ2) is 5.40. The van der Waals surface area contributed by atoms with Crippen LogP contribution in [0, 0.1) is 12.7 Å². The number of halogens is 1. The van der Waals surface area contributed by atoms with E-state index in [0.717, 1.165) is 22.9 Å². The van der Waals surface area contributed by atoms with Crippen molar-refractivity contribution in [3.05, 3.63) is 23.5 Å². The Labute approximate surface area is 120 Å². The van der Waals surface area contributed by atoms with Crippen molar-refractivity contribution in [1.82, 2.24) is 20.2 Å². The molecule has 1 aromatic heterocycles. The van der Waals surface area contributed by atoms with Gasteiger partial charge < -0.3 is 5.73 Å². The first-order valence-electron chi connectivity index (χ1n) is 6.66. The van der Waals surface area contributed by atoms with Gasteiger partial charge in [-0.05, 0) is 59.7 Å². The van der Waals surface area contributed by atoms with Gasteiger partial charge in [0.2, 0.25) is 5.16 Å². The fraction of sp³-hybridized carbons (Fsp3) is 0.462. The number of hydrogen-bond donors (Lipinski definition) is 1. The molecule has 7 heteroatoms. The lowest BCUT2D eigenvalue weighted by molar-refractivity contribution is 0.423. The molecule has 0 atom stereocenters. The lowest BCUT2D eigenvalue weighted by Crippen LogP contribution is -2.08. The zero-order chi connectivity index (χ0) is 14.1. The van der Waals surface area contributed by atoms with Gasteiger partial charge in [0.05, 0.1) is 6.04 Å². The SMILES string of the molecule is Cc1cc(Sc2nnnn2C2CCCC2)c(N)cc1F. The molecule has 5 nitrogen and oxygen atoms in total. The van der Waals surface area contributed by atoms with E-state index in [-0.39, 0.29) is 5.82 Å². The lowest BCUT2D eigenvalue weighted by Gasteiger charge is -2.12. The highest BCUT2D eigenvalue weighted by Gasteiger charge is 2.22. The molecule has 1 aromatic carbocycles. The number of nitrogens with zero attached hydrogens (tertiary/aromatic N) is 4. The third-order valence-corrected chi connectivity index (χ3v) is 4.65. The maximum absolute atomic E-state index is 13.4. The van der Waals surface area contributed by atoms with Crippen LogP contribution >= 0.6 is 11.8 Å². The quantitative estimate of drug-likeness (QED) is 0.881. The van der Waals surface area contributed by atoms with Crippen molar-refractivity contribution in [2.45, 2.75) is 48.7 Å². The van der Waals surface area contributed by atoms with Gasteiger partial charge in [0, 0.05) is 10.6 Å². The molecule has 1 heterocycles. The Balaban J connectivity index is 1.88. The topological polar surface area (TPSA) is 69.6 Å². The zero-order valence-corrected chi connectivity index (χ0v) is 12.0. The van der Waals surface area contributed by atoms with Gasteiger partial charge in [-0.2, -0.15) is 0 Å². The minimum absolute atomic E-state index is 0.290. The number of aryl methyl sites for hydroxylation is 1. The van der Waals surface area contributed by atoms with Crippen molar-refractivity contribution in [3.63, 3.8) is 0 Å². The van der Waals surface area contributed by atoms with E-state index in [9.17, 15) is 4.39 Å². The van der Waals surface area contributed by atoms with Crippen LogP contribution in [0.5, 0.6) is 0 Å². The van der Waals surface area contributed by atoms with E-state index in [0.29, 0.717) is 17.3 Å². The van der Waals surface area contributed by atoms with Crippen molar-refractivity contribution in [3.8, 4) is 0 Å². The van der Waals surface area contributed by atoms with Gasteiger partial charge in [-0.1, -0.05) is 12.8 Å². The van der Waals surface area contributed by atoms with Crippen LogP contribution < -0.4 is 5.73 Å².